The molecule has 0 fully saturated rings. The van der Waals surface area contributed by atoms with Crippen molar-refractivity contribution in [3.05, 3.63) is 41.3 Å². The van der Waals surface area contributed by atoms with Gasteiger partial charge >= 0.3 is 5.97 Å². The Morgan fingerprint density at radius 3 is 2.47 bits per heavy atom. The number of carboxylic acid groups (broad SMARTS) is 1. The average molecular weight is 292 g/mol. The van der Waals surface area contributed by atoms with E-state index in [4.69, 9.17) is 5.11 Å². The van der Waals surface area contributed by atoms with E-state index in [1.54, 1.807) is 18.2 Å². The fourth-order valence-electron chi connectivity index (χ4n) is 2.09. The Morgan fingerprint density at radius 1 is 1.16 bits per heavy atom. The predicted octanol–water partition coefficient (Wildman–Crippen LogP) is 3.33. The number of carboxylic acids is 1. The Kier molecular flexibility index (Phi) is 2.85. The van der Waals surface area contributed by atoms with Crippen molar-refractivity contribution in [1.29, 1.82) is 0 Å². The second kappa shape index (κ2) is 4.41. The van der Waals surface area contributed by atoms with Gasteiger partial charge in [-0.15, -0.1) is 11.3 Å². The molecule has 0 aliphatic rings. The summed E-state index contributed by atoms with van der Waals surface area (Å²) in [4.78, 5) is 11.6. The second-order valence-electron chi connectivity index (χ2n) is 4.00. The molecule has 1 aromatic heterocycles. The van der Waals surface area contributed by atoms with Crippen LogP contribution in [0.3, 0.4) is 0 Å². The lowest BCUT2D eigenvalue weighted by Gasteiger charge is -2.04. The van der Waals surface area contributed by atoms with Crippen molar-refractivity contribution in [2.45, 2.75) is 4.90 Å². The number of carbonyl (C=O) groups is 1. The summed E-state index contributed by atoms with van der Waals surface area (Å²) in [6.07, 6.45) is 0. The van der Waals surface area contributed by atoms with Gasteiger partial charge in [-0.05, 0) is 17.5 Å². The SMILES string of the molecule is O=C(O)c1cc2cc(S(=O)O)c3ccccc3c2s1. The molecule has 3 aromatic rings. The first-order chi connectivity index (χ1) is 9.08. The number of benzene rings is 2. The van der Waals surface area contributed by atoms with Crippen molar-refractivity contribution in [2.75, 3.05) is 0 Å². The topological polar surface area (TPSA) is 74.6 Å². The average Bonchev–Trinajstić information content (AvgIpc) is 2.81. The van der Waals surface area contributed by atoms with E-state index in [0.29, 0.717) is 15.7 Å². The van der Waals surface area contributed by atoms with Crippen LogP contribution in [0.4, 0.5) is 0 Å². The maximum atomic E-state index is 11.4. The van der Waals surface area contributed by atoms with Crippen LogP contribution in [0.1, 0.15) is 9.67 Å². The Morgan fingerprint density at radius 2 is 1.84 bits per heavy atom. The van der Waals surface area contributed by atoms with E-state index in [1.807, 2.05) is 12.1 Å². The van der Waals surface area contributed by atoms with Gasteiger partial charge in [0.25, 0.3) is 0 Å². The minimum absolute atomic E-state index is 0.223. The van der Waals surface area contributed by atoms with Crippen LogP contribution >= 0.6 is 11.3 Å². The van der Waals surface area contributed by atoms with Crippen molar-refractivity contribution >= 4 is 49.2 Å². The molecule has 6 heteroatoms. The lowest BCUT2D eigenvalue weighted by Crippen LogP contribution is -1.90. The summed E-state index contributed by atoms with van der Waals surface area (Å²) >= 11 is -0.929. The van der Waals surface area contributed by atoms with Crippen molar-refractivity contribution in [3.8, 4) is 0 Å². The molecule has 1 unspecified atom stereocenters. The van der Waals surface area contributed by atoms with Crippen LogP contribution < -0.4 is 0 Å². The van der Waals surface area contributed by atoms with Gasteiger partial charge < -0.3 is 9.66 Å². The molecule has 0 aliphatic heterocycles. The van der Waals surface area contributed by atoms with Crippen LogP contribution in [0.2, 0.25) is 0 Å². The third-order valence-corrected chi connectivity index (χ3v) is 4.77. The maximum Gasteiger partial charge on any atom is 0.345 e. The molecular formula is C13H8O4S2. The highest BCUT2D eigenvalue weighted by molar-refractivity contribution is 7.79. The number of aromatic carboxylic acids is 1. The normalized spacial score (nSPS) is 12.9. The first-order valence-electron chi connectivity index (χ1n) is 5.37. The van der Waals surface area contributed by atoms with Crippen molar-refractivity contribution in [1.82, 2.24) is 0 Å². The van der Waals surface area contributed by atoms with E-state index in [-0.39, 0.29) is 4.88 Å². The molecule has 2 N–H and O–H groups in total. The summed E-state index contributed by atoms with van der Waals surface area (Å²) in [5.41, 5.74) is 0. The molecule has 0 amide bonds. The zero-order valence-electron chi connectivity index (χ0n) is 9.49. The first-order valence-corrected chi connectivity index (χ1v) is 7.29. The summed E-state index contributed by atoms with van der Waals surface area (Å²) in [5, 5.41) is 11.2. The van der Waals surface area contributed by atoms with Gasteiger partial charge in [-0.1, -0.05) is 24.3 Å². The third kappa shape index (κ3) is 1.94. The first kappa shape index (κ1) is 12.3. The van der Waals surface area contributed by atoms with Gasteiger partial charge in [0, 0.05) is 15.5 Å². The largest absolute Gasteiger partial charge is 0.477 e. The van der Waals surface area contributed by atoms with Crippen molar-refractivity contribution in [2.24, 2.45) is 0 Å². The zero-order valence-corrected chi connectivity index (χ0v) is 11.1. The van der Waals surface area contributed by atoms with E-state index < -0.39 is 17.0 Å². The van der Waals surface area contributed by atoms with Crippen LogP contribution in [-0.4, -0.2) is 19.8 Å². The molecule has 3 rings (SSSR count). The predicted molar refractivity (Wildman–Crippen MR) is 75.3 cm³/mol. The van der Waals surface area contributed by atoms with Gasteiger partial charge in [0.05, 0.1) is 4.90 Å². The Hall–Kier alpha value is -1.76. The molecule has 19 heavy (non-hydrogen) atoms. The van der Waals surface area contributed by atoms with Gasteiger partial charge in [-0.25, -0.2) is 9.00 Å². The number of hydrogen-bond donors (Lipinski definition) is 2. The molecule has 0 saturated heterocycles. The van der Waals surface area contributed by atoms with E-state index in [9.17, 15) is 13.6 Å². The summed E-state index contributed by atoms with van der Waals surface area (Å²) in [6.45, 7) is 0. The van der Waals surface area contributed by atoms with Crippen LogP contribution in [0, 0.1) is 0 Å². The summed E-state index contributed by atoms with van der Waals surface area (Å²) in [6, 6.07) is 10.3. The number of hydrogen-bond acceptors (Lipinski definition) is 3. The molecule has 0 radical (unpaired) electrons. The molecular weight excluding hydrogens is 284 g/mol. The van der Waals surface area contributed by atoms with Gasteiger partial charge in [-0.2, -0.15) is 0 Å². The third-order valence-electron chi connectivity index (χ3n) is 2.88. The van der Waals surface area contributed by atoms with E-state index in [0.717, 1.165) is 10.1 Å². The highest BCUT2D eigenvalue weighted by Crippen LogP contribution is 2.35. The van der Waals surface area contributed by atoms with Gasteiger partial charge in [0.2, 0.25) is 0 Å². The molecule has 0 bridgehead atoms. The summed E-state index contributed by atoms with van der Waals surface area (Å²) < 4.78 is 21.6. The smallest absolute Gasteiger partial charge is 0.345 e. The molecule has 2 aromatic carbocycles. The van der Waals surface area contributed by atoms with Gasteiger partial charge in [0.1, 0.15) is 4.88 Å². The minimum Gasteiger partial charge on any atom is -0.477 e. The molecule has 1 heterocycles. The van der Waals surface area contributed by atoms with Crippen LogP contribution in [0.25, 0.3) is 20.9 Å². The quantitative estimate of drug-likeness (QED) is 0.710. The zero-order chi connectivity index (χ0) is 13.6. The number of rotatable bonds is 2. The standard InChI is InChI=1S/C13H8O4S2/c14-13(15)10-5-7-6-11(19(16)17)8-3-1-2-4-9(8)12(7)18-10/h1-6H,(H,14,15)(H,16,17). The molecule has 0 saturated carbocycles. The van der Waals surface area contributed by atoms with Crippen molar-refractivity contribution < 1.29 is 18.7 Å². The van der Waals surface area contributed by atoms with Gasteiger partial charge in [0.15, 0.2) is 11.1 Å². The fourth-order valence-corrected chi connectivity index (χ4v) is 3.70. The lowest BCUT2D eigenvalue weighted by molar-refractivity contribution is 0.0702. The summed E-state index contributed by atoms with van der Waals surface area (Å²) in [7, 11) is 0. The number of thiophene rings is 1. The Balaban J connectivity index is 2.50. The van der Waals surface area contributed by atoms with Crippen LogP contribution in [0.5, 0.6) is 0 Å². The monoisotopic (exact) mass is 292 g/mol. The minimum atomic E-state index is -2.10. The molecule has 1 atom stereocenters. The highest BCUT2D eigenvalue weighted by atomic mass is 32.2. The highest BCUT2D eigenvalue weighted by Gasteiger charge is 2.15. The van der Waals surface area contributed by atoms with E-state index >= 15 is 0 Å². The van der Waals surface area contributed by atoms with Crippen LogP contribution in [0.15, 0.2) is 41.3 Å². The van der Waals surface area contributed by atoms with E-state index in [2.05, 4.69) is 0 Å². The van der Waals surface area contributed by atoms with E-state index in [1.165, 1.54) is 17.4 Å². The molecule has 0 spiro atoms. The van der Waals surface area contributed by atoms with Crippen molar-refractivity contribution in [3.63, 3.8) is 0 Å². The second-order valence-corrected chi connectivity index (χ2v) is 5.99. The lowest BCUT2D eigenvalue weighted by atomic mass is 10.1. The maximum absolute atomic E-state index is 11.4. The molecule has 0 aliphatic carbocycles. The fraction of sp³-hybridized carbons (Fsp3) is 0. The Bertz CT molecular complexity index is 835. The molecule has 4 nitrogen and oxygen atoms in total. The summed E-state index contributed by atoms with van der Waals surface area (Å²) in [5.74, 6) is -0.989. The Labute approximate surface area is 114 Å². The molecule has 96 valence electrons. The van der Waals surface area contributed by atoms with Crippen LogP contribution in [-0.2, 0) is 11.1 Å². The number of fused-ring (bicyclic) bond motifs is 3. The van der Waals surface area contributed by atoms with Gasteiger partial charge in [-0.3, -0.25) is 0 Å².